The number of amides is 2. The van der Waals surface area contributed by atoms with Crippen LogP contribution < -0.4 is 10.6 Å². The number of rotatable bonds is 3. The summed E-state index contributed by atoms with van der Waals surface area (Å²) in [6.45, 7) is 6.03. The largest absolute Gasteiger partial charge is 0.335 e. The van der Waals surface area contributed by atoms with Crippen molar-refractivity contribution in [3.8, 4) is 0 Å². The predicted octanol–water partition coefficient (Wildman–Crippen LogP) is 3.24. The molecule has 24 heavy (non-hydrogen) atoms. The molecule has 7 heteroatoms. The third-order valence-corrected chi connectivity index (χ3v) is 4.22. The highest BCUT2D eigenvalue weighted by atomic mass is 19.1. The first kappa shape index (κ1) is 16.4. The van der Waals surface area contributed by atoms with Crippen molar-refractivity contribution in [1.82, 2.24) is 20.1 Å². The second kappa shape index (κ2) is 6.22. The lowest BCUT2D eigenvalue weighted by atomic mass is 9.76. The Morgan fingerprint density at radius 3 is 2.50 bits per heavy atom. The van der Waals surface area contributed by atoms with E-state index in [1.807, 2.05) is 20.8 Å². The van der Waals surface area contributed by atoms with E-state index in [1.165, 1.54) is 12.1 Å². The van der Waals surface area contributed by atoms with Gasteiger partial charge in [-0.15, -0.1) is 5.10 Å². The fourth-order valence-electron chi connectivity index (χ4n) is 2.71. The van der Waals surface area contributed by atoms with Crippen LogP contribution in [0.5, 0.6) is 0 Å². The summed E-state index contributed by atoms with van der Waals surface area (Å²) < 4.78 is 14.6. The molecule has 3 rings (SSSR count). The SMILES string of the molecule is CC(C)(C)n1cnc(NC(=O)NC2CC(c3ccc(F)cc3)C2)n1. The van der Waals surface area contributed by atoms with Gasteiger partial charge in [-0.3, -0.25) is 5.32 Å². The van der Waals surface area contributed by atoms with Crippen molar-refractivity contribution in [3.63, 3.8) is 0 Å². The molecule has 2 amide bonds. The zero-order valence-corrected chi connectivity index (χ0v) is 14.1. The van der Waals surface area contributed by atoms with E-state index in [1.54, 1.807) is 23.1 Å². The van der Waals surface area contributed by atoms with Gasteiger partial charge in [0.2, 0.25) is 5.95 Å². The third-order valence-electron chi connectivity index (χ3n) is 4.22. The highest BCUT2D eigenvalue weighted by molar-refractivity contribution is 5.87. The van der Waals surface area contributed by atoms with Crippen LogP contribution in [0.4, 0.5) is 15.1 Å². The number of benzene rings is 1. The molecule has 0 spiro atoms. The van der Waals surface area contributed by atoms with Gasteiger partial charge < -0.3 is 5.32 Å². The van der Waals surface area contributed by atoms with E-state index in [-0.39, 0.29) is 29.4 Å². The molecule has 0 bridgehead atoms. The van der Waals surface area contributed by atoms with Gasteiger partial charge in [-0.1, -0.05) is 12.1 Å². The van der Waals surface area contributed by atoms with Crippen molar-refractivity contribution in [2.45, 2.75) is 51.1 Å². The number of hydrogen-bond donors (Lipinski definition) is 2. The van der Waals surface area contributed by atoms with E-state index in [2.05, 4.69) is 20.7 Å². The average Bonchev–Trinajstić information content (AvgIpc) is 2.92. The number of anilines is 1. The fraction of sp³-hybridized carbons (Fsp3) is 0.471. The average molecular weight is 331 g/mol. The summed E-state index contributed by atoms with van der Waals surface area (Å²) in [4.78, 5) is 16.1. The lowest BCUT2D eigenvalue weighted by molar-refractivity contribution is 0.233. The number of carbonyl (C=O) groups is 1. The molecule has 0 radical (unpaired) electrons. The molecule has 0 saturated heterocycles. The van der Waals surface area contributed by atoms with Crippen LogP contribution in [-0.2, 0) is 5.54 Å². The molecule has 1 aliphatic carbocycles. The minimum absolute atomic E-state index is 0.116. The molecule has 0 aliphatic heterocycles. The lowest BCUT2D eigenvalue weighted by Gasteiger charge is -2.36. The zero-order valence-electron chi connectivity index (χ0n) is 14.1. The summed E-state index contributed by atoms with van der Waals surface area (Å²) in [5, 5.41) is 9.80. The Balaban J connectivity index is 1.47. The normalized spacial score (nSPS) is 20.3. The third kappa shape index (κ3) is 3.72. The topological polar surface area (TPSA) is 71.8 Å². The zero-order chi connectivity index (χ0) is 17.3. The van der Waals surface area contributed by atoms with Crippen LogP contribution in [0.25, 0.3) is 0 Å². The summed E-state index contributed by atoms with van der Waals surface area (Å²) in [6, 6.07) is 6.37. The maximum absolute atomic E-state index is 12.9. The quantitative estimate of drug-likeness (QED) is 0.907. The van der Waals surface area contributed by atoms with E-state index in [0.717, 1.165) is 18.4 Å². The van der Waals surface area contributed by atoms with Crippen molar-refractivity contribution < 1.29 is 9.18 Å². The van der Waals surface area contributed by atoms with Crippen LogP contribution in [0.3, 0.4) is 0 Å². The highest BCUT2D eigenvalue weighted by Gasteiger charge is 2.31. The number of carbonyl (C=O) groups excluding carboxylic acids is 1. The van der Waals surface area contributed by atoms with Gasteiger partial charge in [0.05, 0.1) is 5.54 Å². The minimum atomic E-state index is -0.302. The molecular formula is C17H22FN5O. The maximum Gasteiger partial charge on any atom is 0.321 e. The van der Waals surface area contributed by atoms with Gasteiger partial charge in [-0.25, -0.2) is 18.9 Å². The molecule has 1 fully saturated rings. The predicted molar refractivity (Wildman–Crippen MR) is 89.3 cm³/mol. The van der Waals surface area contributed by atoms with E-state index >= 15 is 0 Å². The Bertz CT molecular complexity index is 713. The van der Waals surface area contributed by atoms with Gasteiger partial charge in [0.15, 0.2) is 0 Å². The van der Waals surface area contributed by atoms with Crippen molar-refractivity contribution >= 4 is 12.0 Å². The van der Waals surface area contributed by atoms with Crippen molar-refractivity contribution in [1.29, 1.82) is 0 Å². The Hall–Kier alpha value is -2.44. The van der Waals surface area contributed by atoms with Crippen LogP contribution in [0.15, 0.2) is 30.6 Å². The summed E-state index contributed by atoms with van der Waals surface area (Å²) in [5.41, 5.74) is 0.931. The van der Waals surface area contributed by atoms with Gasteiger partial charge in [0.1, 0.15) is 12.1 Å². The second-order valence-corrected chi connectivity index (χ2v) is 7.20. The molecule has 0 unspecified atom stereocenters. The van der Waals surface area contributed by atoms with Crippen LogP contribution in [0, 0.1) is 5.82 Å². The standard InChI is InChI=1S/C17H22FN5O/c1-17(2,3)23-10-19-15(22-23)21-16(24)20-14-8-12(9-14)11-4-6-13(18)7-5-11/h4-7,10,12,14H,8-9H2,1-3H3,(H2,20,21,22,24). The Morgan fingerprint density at radius 1 is 1.25 bits per heavy atom. The smallest absolute Gasteiger partial charge is 0.321 e. The Labute approximate surface area is 140 Å². The molecular weight excluding hydrogens is 309 g/mol. The van der Waals surface area contributed by atoms with Crippen LogP contribution >= 0.6 is 0 Å². The summed E-state index contributed by atoms with van der Waals surface area (Å²) in [7, 11) is 0. The monoisotopic (exact) mass is 331 g/mol. The van der Waals surface area contributed by atoms with Crippen molar-refractivity contribution in [2.75, 3.05) is 5.32 Å². The van der Waals surface area contributed by atoms with Crippen LogP contribution in [0.1, 0.15) is 45.1 Å². The molecule has 128 valence electrons. The molecule has 6 nitrogen and oxygen atoms in total. The van der Waals surface area contributed by atoms with E-state index in [4.69, 9.17) is 0 Å². The first-order valence-electron chi connectivity index (χ1n) is 8.06. The number of nitrogens with one attached hydrogen (secondary N) is 2. The summed E-state index contributed by atoms with van der Waals surface area (Å²) in [6.07, 6.45) is 3.30. The van der Waals surface area contributed by atoms with E-state index in [0.29, 0.717) is 5.92 Å². The summed E-state index contributed by atoms with van der Waals surface area (Å²) >= 11 is 0. The molecule has 2 aromatic rings. The first-order valence-corrected chi connectivity index (χ1v) is 8.06. The fourth-order valence-corrected chi connectivity index (χ4v) is 2.71. The van der Waals surface area contributed by atoms with Crippen molar-refractivity contribution in [2.24, 2.45) is 0 Å². The van der Waals surface area contributed by atoms with Gasteiger partial charge in [0, 0.05) is 6.04 Å². The number of halogens is 1. The Kier molecular flexibility index (Phi) is 4.26. The molecule has 2 N–H and O–H groups in total. The van der Waals surface area contributed by atoms with Gasteiger partial charge in [-0.2, -0.15) is 0 Å². The molecule has 1 aromatic carbocycles. The Morgan fingerprint density at radius 2 is 1.92 bits per heavy atom. The van der Waals surface area contributed by atoms with Crippen LogP contribution in [0.2, 0.25) is 0 Å². The number of urea groups is 1. The molecule has 1 heterocycles. The molecule has 0 atom stereocenters. The molecule has 1 aromatic heterocycles. The van der Waals surface area contributed by atoms with Gasteiger partial charge >= 0.3 is 6.03 Å². The first-order chi connectivity index (χ1) is 11.3. The van der Waals surface area contributed by atoms with Crippen LogP contribution in [-0.4, -0.2) is 26.8 Å². The lowest BCUT2D eigenvalue weighted by Crippen LogP contribution is -2.45. The molecule has 1 aliphatic rings. The van der Waals surface area contributed by atoms with Crippen molar-refractivity contribution in [3.05, 3.63) is 42.0 Å². The molecule has 1 saturated carbocycles. The van der Waals surface area contributed by atoms with E-state index in [9.17, 15) is 9.18 Å². The minimum Gasteiger partial charge on any atom is -0.335 e. The second-order valence-electron chi connectivity index (χ2n) is 7.20. The number of aromatic nitrogens is 3. The number of nitrogens with zero attached hydrogens (tertiary/aromatic N) is 3. The van der Waals surface area contributed by atoms with E-state index < -0.39 is 0 Å². The maximum atomic E-state index is 12.9. The number of hydrogen-bond acceptors (Lipinski definition) is 3. The van der Waals surface area contributed by atoms with Gasteiger partial charge in [-0.05, 0) is 57.2 Å². The van der Waals surface area contributed by atoms with Gasteiger partial charge in [0.25, 0.3) is 0 Å². The summed E-state index contributed by atoms with van der Waals surface area (Å²) in [5.74, 6) is 0.431. The highest BCUT2D eigenvalue weighted by Crippen LogP contribution is 2.36.